The van der Waals surface area contributed by atoms with Gasteiger partial charge in [0.1, 0.15) is 5.41 Å². The fourth-order valence-electron chi connectivity index (χ4n) is 1.97. The van der Waals surface area contributed by atoms with E-state index in [4.69, 9.17) is 4.74 Å². The molecule has 1 aliphatic heterocycles. The number of aliphatic hydroxyl groups excluding tert-OH is 1. The zero-order valence-corrected chi connectivity index (χ0v) is 10.5. The highest BCUT2D eigenvalue weighted by molar-refractivity contribution is 5.83. The van der Waals surface area contributed by atoms with Crippen LogP contribution in [-0.4, -0.2) is 54.3 Å². The van der Waals surface area contributed by atoms with Gasteiger partial charge in [-0.3, -0.25) is 9.78 Å². The smallest absolute Gasteiger partial charge is 0.235 e. The molecule has 5 nitrogen and oxygen atoms in total. The first-order valence-corrected chi connectivity index (χ1v) is 6.02. The van der Waals surface area contributed by atoms with E-state index in [1.54, 1.807) is 18.1 Å². The van der Waals surface area contributed by atoms with Crippen LogP contribution in [-0.2, 0) is 16.0 Å². The van der Waals surface area contributed by atoms with Crippen LogP contribution in [0.4, 0.5) is 0 Å². The van der Waals surface area contributed by atoms with Crippen molar-refractivity contribution in [3.05, 3.63) is 30.1 Å². The number of amides is 1. The molecule has 1 saturated heterocycles. The Morgan fingerprint density at radius 1 is 1.56 bits per heavy atom. The summed E-state index contributed by atoms with van der Waals surface area (Å²) in [6.07, 6.45) is 2.46. The fraction of sp³-hybridized carbons (Fsp3) is 0.538. The molecule has 0 aromatic carbocycles. The Morgan fingerprint density at radius 2 is 2.33 bits per heavy atom. The first kappa shape index (κ1) is 13.0. The molecular formula is C13H18N2O3. The molecule has 0 spiro atoms. The predicted octanol–water partition coefficient (Wildman–Crippen LogP) is 0.0914. The molecule has 2 heterocycles. The van der Waals surface area contributed by atoms with Gasteiger partial charge in [-0.15, -0.1) is 0 Å². The van der Waals surface area contributed by atoms with Crippen LogP contribution >= 0.6 is 0 Å². The summed E-state index contributed by atoms with van der Waals surface area (Å²) in [5.41, 5.74) is 0.249. The van der Waals surface area contributed by atoms with Gasteiger partial charge < -0.3 is 14.7 Å². The molecule has 1 aromatic rings. The van der Waals surface area contributed by atoms with E-state index in [1.807, 2.05) is 18.2 Å². The number of rotatable bonds is 5. The van der Waals surface area contributed by atoms with Crippen LogP contribution in [0.5, 0.6) is 0 Å². The molecule has 1 amide bonds. The number of aliphatic hydroxyl groups is 1. The van der Waals surface area contributed by atoms with Gasteiger partial charge in [-0.05, 0) is 12.1 Å². The average Bonchev–Trinajstić information content (AvgIpc) is 2.36. The summed E-state index contributed by atoms with van der Waals surface area (Å²) in [4.78, 5) is 18.0. The van der Waals surface area contributed by atoms with E-state index in [2.05, 4.69) is 4.98 Å². The van der Waals surface area contributed by atoms with Crippen LogP contribution in [0.1, 0.15) is 5.69 Å². The molecule has 1 aromatic heterocycles. The number of pyridine rings is 1. The van der Waals surface area contributed by atoms with Crippen molar-refractivity contribution in [2.45, 2.75) is 6.42 Å². The zero-order valence-electron chi connectivity index (χ0n) is 10.5. The molecule has 5 heteroatoms. The maximum absolute atomic E-state index is 12.2. The van der Waals surface area contributed by atoms with Crippen molar-refractivity contribution >= 4 is 5.91 Å². The standard InChI is InChI=1S/C13H18N2O3/c1-15(7-5-11-4-2-3-6-14-11)12(17)13(8-16)9-18-10-13/h2-4,6,16H,5,7-10H2,1H3. The summed E-state index contributed by atoms with van der Waals surface area (Å²) in [5, 5.41) is 9.30. The lowest BCUT2D eigenvalue weighted by molar-refractivity contribution is -0.179. The van der Waals surface area contributed by atoms with Crippen molar-refractivity contribution in [2.24, 2.45) is 5.41 Å². The highest BCUT2D eigenvalue weighted by Gasteiger charge is 2.46. The zero-order chi connectivity index (χ0) is 13.0. The number of nitrogens with zero attached hydrogens (tertiary/aromatic N) is 2. The van der Waals surface area contributed by atoms with Crippen molar-refractivity contribution in [2.75, 3.05) is 33.4 Å². The van der Waals surface area contributed by atoms with E-state index >= 15 is 0 Å². The van der Waals surface area contributed by atoms with Gasteiger partial charge in [0, 0.05) is 31.9 Å². The molecule has 1 N–H and O–H groups in total. The molecule has 2 rings (SSSR count). The summed E-state index contributed by atoms with van der Waals surface area (Å²) in [6, 6.07) is 5.73. The molecule has 98 valence electrons. The van der Waals surface area contributed by atoms with Crippen molar-refractivity contribution in [3.8, 4) is 0 Å². The Labute approximate surface area is 106 Å². The molecule has 0 atom stereocenters. The maximum Gasteiger partial charge on any atom is 0.235 e. The third-order valence-corrected chi connectivity index (χ3v) is 3.29. The van der Waals surface area contributed by atoms with Crippen molar-refractivity contribution in [1.29, 1.82) is 0 Å². The third kappa shape index (κ3) is 2.52. The maximum atomic E-state index is 12.2. The Balaban J connectivity index is 1.88. The lowest BCUT2D eigenvalue weighted by atomic mass is 9.85. The van der Waals surface area contributed by atoms with Gasteiger partial charge in [-0.2, -0.15) is 0 Å². The van der Waals surface area contributed by atoms with Crippen LogP contribution in [0.15, 0.2) is 24.4 Å². The van der Waals surface area contributed by atoms with Gasteiger partial charge in [0.25, 0.3) is 0 Å². The molecule has 18 heavy (non-hydrogen) atoms. The van der Waals surface area contributed by atoms with Gasteiger partial charge >= 0.3 is 0 Å². The molecular weight excluding hydrogens is 232 g/mol. The monoisotopic (exact) mass is 250 g/mol. The van der Waals surface area contributed by atoms with E-state index in [-0.39, 0.29) is 12.5 Å². The number of hydrogen-bond donors (Lipinski definition) is 1. The molecule has 0 bridgehead atoms. The predicted molar refractivity (Wildman–Crippen MR) is 65.9 cm³/mol. The third-order valence-electron chi connectivity index (χ3n) is 3.29. The van der Waals surface area contributed by atoms with Crippen LogP contribution in [0.3, 0.4) is 0 Å². The van der Waals surface area contributed by atoms with Crippen LogP contribution in [0, 0.1) is 5.41 Å². The van der Waals surface area contributed by atoms with Gasteiger partial charge in [0.15, 0.2) is 0 Å². The number of likely N-dealkylation sites (N-methyl/N-ethyl adjacent to an activating group) is 1. The quantitative estimate of drug-likeness (QED) is 0.804. The Kier molecular flexibility index (Phi) is 3.93. The van der Waals surface area contributed by atoms with Crippen molar-refractivity contribution in [1.82, 2.24) is 9.88 Å². The van der Waals surface area contributed by atoms with E-state index in [0.717, 1.165) is 5.69 Å². The summed E-state index contributed by atoms with van der Waals surface area (Å²) >= 11 is 0. The van der Waals surface area contributed by atoms with Crippen molar-refractivity contribution < 1.29 is 14.6 Å². The van der Waals surface area contributed by atoms with Gasteiger partial charge in [0.2, 0.25) is 5.91 Å². The van der Waals surface area contributed by atoms with Gasteiger partial charge in [0.05, 0.1) is 19.8 Å². The number of ether oxygens (including phenoxy) is 1. The second kappa shape index (κ2) is 5.46. The van der Waals surface area contributed by atoms with Crippen LogP contribution in [0.2, 0.25) is 0 Å². The van der Waals surface area contributed by atoms with Gasteiger partial charge in [-0.25, -0.2) is 0 Å². The minimum absolute atomic E-state index is 0.0489. The van der Waals surface area contributed by atoms with E-state index in [1.165, 1.54) is 0 Å². The van der Waals surface area contributed by atoms with Crippen molar-refractivity contribution in [3.63, 3.8) is 0 Å². The normalized spacial score (nSPS) is 17.0. The minimum atomic E-state index is -0.709. The van der Waals surface area contributed by atoms with E-state index in [0.29, 0.717) is 26.2 Å². The summed E-state index contributed by atoms with van der Waals surface area (Å²) in [7, 11) is 1.75. The Bertz CT molecular complexity index is 398. The first-order chi connectivity index (χ1) is 8.68. The number of aromatic nitrogens is 1. The highest BCUT2D eigenvalue weighted by Crippen LogP contribution is 2.28. The first-order valence-electron chi connectivity index (χ1n) is 6.02. The number of carbonyl (C=O) groups excluding carboxylic acids is 1. The Morgan fingerprint density at radius 3 is 2.83 bits per heavy atom. The van der Waals surface area contributed by atoms with Gasteiger partial charge in [-0.1, -0.05) is 6.07 Å². The topological polar surface area (TPSA) is 62.7 Å². The average molecular weight is 250 g/mol. The van der Waals surface area contributed by atoms with E-state index < -0.39 is 5.41 Å². The largest absolute Gasteiger partial charge is 0.395 e. The minimum Gasteiger partial charge on any atom is -0.395 e. The highest BCUT2D eigenvalue weighted by atomic mass is 16.5. The molecule has 0 unspecified atom stereocenters. The Hall–Kier alpha value is -1.46. The second-order valence-corrected chi connectivity index (χ2v) is 4.73. The lowest BCUT2D eigenvalue weighted by Gasteiger charge is -2.40. The molecule has 0 aliphatic carbocycles. The van der Waals surface area contributed by atoms with Crippen LogP contribution < -0.4 is 0 Å². The summed E-state index contributed by atoms with van der Waals surface area (Å²) in [6.45, 7) is 1.07. The fourth-order valence-corrected chi connectivity index (χ4v) is 1.97. The lowest BCUT2D eigenvalue weighted by Crippen LogP contribution is -2.56. The second-order valence-electron chi connectivity index (χ2n) is 4.73. The van der Waals surface area contributed by atoms with E-state index in [9.17, 15) is 9.90 Å². The molecule has 1 fully saturated rings. The number of hydrogen-bond acceptors (Lipinski definition) is 4. The summed E-state index contributed by atoms with van der Waals surface area (Å²) in [5.74, 6) is -0.0489. The molecule has 0 saturated carbocycles. The number of carbonyl (C=O) groups is 1. The van der Waals surface area contributed by atoms with Crippen LogP contribution in [0.25, 0.3) is 0 Å². The molecule has 0 radical (unpaired) electrons. The summed E-state index contributed by atoms with van der Waals surface area (Å²) < 4.78 is 5.04. The molecule has 1 aliphatic rings. The SMILES string of the molecule is CN(CCc1ccccn1)C(=O)C1(CO)COC1.